The fourth-order valence-electron chi connectivity index (χ4n) is 3.16. The molecule has 4 rings (SSSR count). The Kier molecular flexibility index (Phi) is 5.67. The number of nitrogens with zero attached hydrogens (tertiary/aromatic N) is 1. The number of hydrogen-bond acceptors (Lipinski definition) is 6. The number of aromatic nitrogens is 1. The molecule has 2 aromatic carbocycles. The highest BCUT2D eigenvalue weighted by molar-refractivity contribution is 8.26. The molecule has 1 saturated heterocycles. The SMILES string of the molecule is Cc1oc(CCOc2ccc(CC3NC(=O)SC3=O)cc2)nc1-c1ccccc1. The van der Waals surface area contributed by atoms with Crippen LogP contribution in [0.5, 0.6) is 5.75 Å². The summed E-state index contributed by atoms with van der Waals surface area (Å²) in [7, 11) is 0. The highest BCUT2D eigenvalue weighted by atomic mass is 32.2. The molecular weight excluding hydrogens is 388 g/mol. The van der Waals surface area contributed by atoms with Gasteiger partial charge in [0, 0.05) is 23.7 Å². The first kappa shape index (κ1) is 19.3. The Hall–Kier alpha value is -3.06. The number of oxazole rings is 1. The molecule has 2 heterocycles. The number of hydrogen-bond donors (Lipinski definition) is 1. The summed E-state index contributed by atoms with van der Waals surface area (Å²) in [6.45, 7) is 2.36. The Balaban J connectivity index is 1.30. The fraction of sp³-hybridized carbons (Fsp3) is 0.227. The average Bonchev–Trinajstić information content (AvgIpc) is 3.25. The minimum absolute atomic E-state index is 0.133. The number of amides is 1. The number of carbonyl (C=O) groups excluding carboxylic acids is 2. The van der Waals surface area contributed by atoms with Crippen molar-refractivity contribution in [2.45, 2.75) is 25.8 Å². The van der Waals surface area contributed by atoms with Crippen LogP contribution in [0.4, 0.5) is 4.79 Å². The van der Waals surface area contributed by atoms with E-state index >= 15 is 0 Å². The van der Waals surface area contributed by atoms with E-state index in [1.807, 2.05) is 61.5 Å². The van der Waals surface area contributed by atoms with Gasteiger partial charge >= 0.3 is 0 Å². The van der Waals surface area contributed by atoms with Crippen LogP contribution in [0.3, 0.4) is 0 Å². The lowest BCUT2D eigenvalue weighted by Gasteiger charge is -2.09. The van der Waals surface area contributed by atoms with E-state index in [1.54, 1.807) is 0 Å². The summed E-state index contributed by atoms with van der Waals surface area (Å²) in [5, 5.41) is 2.25. The topological polar surface area (TPSA) is 81.4 Å². The van der Waals surface area contributed by atoms with Crippen molar-refractivity contribution in [3.63, 3.8) is 0 Å². The summed E-state index contributed by atoms with van der Waals surface area (Å²) in [4.78, 5) is 27.5. The molecule has 0 saturated carbocycles. The molecule has 1 atom stereocenters. The van der Waals surface area contributed by atoms with Gasteiger partial charge < -0.3 is 14.5 Å². The normalized spacial score (nSPS) is 16.1. The zero-order chi connectivity index (χ0) is 20.2. The molecule has 1 amide bonds. The number of carbonyl (C=O) groups is 2. The Morgan fingerprint density at radius 2 is 1.86 bits per heavy atom. The minimum Gasteiger partial charge on any atom is -0.493 e. The number of ether oxygens (including phenoxy) is 1. The van der Waals surface area contributed by atoms with E-state index in [-0.39, 0.29) is 10.4 Å². The third-order valence-electron chi connectivity index (χ3n) is 4.61. The van der Waals surface area contributed by atoms with Crippen LogP contribution < -0.4 is 10.1 Å². The van der Waals surface area contributed by atoms with Crippen LogP contribution in [0, 0.1) is 6.92 Å². The highest BCUT2D eigenvalue weighted by Crippen LogP contribution is 2.24. The molecule has 1 aliphatic rings. The molecule has 1 unspecified atom stereocenters. The van der Waals surface area contributed by atoms with Crippen molar-refractivity contribution in [3.8, 4) is 17.0 Å². The number of rotatable bonds is 7. The van der Waals surface area contributed by atoms with Gasteiger partial charge in [-0.3, -0.25) is 9.59 Å². The van der Waals surface area contributed by atoms with Gasteiger partial charge in [-0.05, 0) is 24.6 Å². The van der Waals surface area contributed by atoms with E-state index < -0.39 is 6.04 Å². The average molecular weight is 408 g/mol. The third kappa shape index (κ3) is 4.68. The summed E-state index contributed by atoms with van der Waals surface area (Å²) >= 11 is 0.733. The molecule has 0 bridgehead atoms. The summed E-state index contributed by atoms with van der Waals surface area (Å²) in [6, 6.07) is 17.0. The van der Waals surface area contributed by atoms with E-state index in [0.29, 0.717) is 25.3 Å². The summed E-state index contributed by atoms with van der Waals surface area (Å²) in [6.07, 6.45) is 1.05. The zero-order valence-corrected chi connectivity index (χ0v) is 16.7. The van der Waals surface area contributed by atoms with Gasteiger partial charge in [0.1, 0.15) is 23.2 Å². The largest absolute Gasteiger partial charge is 0.493 e. The van der Waals surface area contributed by atoms with Crippen molar-refractivity contribution in [2.24, 2.45) is 0 Å². The highest BCUT2D eigenvalue weighted by Gasteiger charge is 2.31. The molecule has 6 nitrogen and oxygen atoms in total. The van der Waals surface area contributed by atoms with Gasteiger partial charge in [-0.15, -0.1) is 0 Å². The second kappa shape index (κ2) is 8.53. The minimum atomic E-state index is -0.452. The van der Waals surface area contributed by atoms with E-state index in [4.69, 9.17) is 9.15 Å². The third-order valence-corrected chi connectivity index (χ3v) is 5.39. The molecule has 29 heavy (non-hydrogen) atoms. The number of thioether (sulfide) groups is 1. The first-order chi connectivity index (χ1) is 14.1. The van der Waals surface area contributed by atoms with E-state index in [9.17, 15) is 9.59 Å². The Morgan fingerprint density at radius 3 is 2.55 bits per heavy atom. The maximum Gasteiger partial charge on any atom is 0.287 e. The van der Waals surface area contributed by atoms with E-state index in [0.717, 1.165) is 40.1 Å². The second-order valence-electron chi connectivity index (χ2n) is 6.73. The summed E-state index contributed by atoms with van der Waals surface area (Å²) in [5.74, 6) is 2.17. The number of nitrogens with one attached hydrogen (secondary N) is 1. The van der Waals surface area contributed by atoms with Crippen molar-refractivity contribution in [3.05, 3.63) is 71.8 Å². The van der Waals surface area contributed by atoms with Crippen LogP contribution in [0.15, 0.2) is 59.0 Å². The van der Waals surface area contributed by atoms with Crippen molar-refractivity contribution < 1.29 is 18.7 Å². The Morgan fingerprint density at radius 1 is 1.10 bits per heavy atom. The predicted octanol–water partition coefficient (Wildman–Crippen LogP) is 4.17. The predicted molar refractivity (Wildman–Crippen MR) is 111 cm³/mol. The molecule has 3 aromatic rings. The summed E-state index contributed by atoms with van der Waals surface area (Å²) in [5.41, 5.74) is 2.86. The number of benzene rings is 2. The molecule has 0 radical (unpaired) electrons. The van der Waals surface area contributed by atoms with Gasteiger partial charge in [-0.2, -0.15) is 0 Å². The van der Waals surface area contributed by atoms with Crippen molar-refractivity contribution in [1.82, 2.24) is 10.3 Å². The van der Waals surface area contributed by atoms with Gasteiger partial charge in [0.2, 0.25) is 5.12 Å². The van der Waals surface area contributed by atoms with Gasteiger partial charge in [0.15, 0.2) is 5.89 Å². The monoisotopic (exact) mass is 408 g/mol. The zero-order valence-electron chi connectivity index (χ0n) is 15.9. The quantitative estimate of drug-likeness (QED) is 0.632. The van der Waals surface area contributed by atoms with Gasteiger partial charge in [0.05, 0.1) is 13.0 Å². The molecule has 1 fully saturated rings. The second-order valence-corrected chi connectivity index (χ2v) is 7.71. The number of aryl methyl sites for hydroxylation is 1. The molecule has 1 N–H and O–H groups in total. The maximum absolute atomic E-state index is 11.7. The standard InChI is InChI=1S/C22H20N2O4S/c1-14-20(16-5-3-2-4-6-16)24-19(28-14)11-12-27-17-9-7-15(8-10-17)13-18-21(25)29-22(26)23-18/h2-10,18H,11-13H2,1H3,(H,23,26). The fourth-order valence-corrected chi connectivity index (χ4v) is 3.83. The first-order valence-corrected chi connectivity index (χ1v) is 10.2. The molecule has 0 spiro atoms. The van der Waals surface area contributed by atoms with E-state index in [2.05, 4.69) is 10.3 Å². The van der Waals surface area contributed by atoms with Gasteiger partial charge in [0.25, 0.3) is 5.24 Å². The van der Waals surface area contributed by atoms with Crippen molar-refractivity contribution in [1.29, 1.82) is 0 Å². The summed E-state index contributed by atoms with van der Waals surface area (Å²) < 4.78 is 11.5. The Bertz CT molecular complexity index is 1020. The lowest BCUT2D eigenvalue weighted by atomic mass is 10.1. The maximum atomic E-state index is 11.7. The van der Waals surface area contributed by atoms with Gasteiger partial charge in [-0.25, -0.2) is 4.98 Å². The molecular formula is C22H20N2O4S. The lowest BCUT2D eigenvalue weighted by molar-refractivity contribution is -0.112. The Labute approximate surface area is 172 Å². The van der Waals surface area contributed by atoms with Crippen LogP contribution in [0.1, 0.15) is 17.2 Å². The van der Waals surface area contributed by atoms with Crippen LogP contribution >= 0.6 is 11.8 Å². The molecule has 7 heteroatoms. The van der Waals surface area contributed by atoms with Crippen LogP contribution in [0.2, 0.25) is 0 Å². The smallest absolute Gasteiger partial charge is 0.287 e. The molecule has 1 aliphatic heterocycles. The molecule has 0 aliphatic carbocycles. The van der Waals surface area contributed by atoms with Crippen LogP contribution in [-0.4, -0.2) is 28.0 Å². The first-order valence-electron chi connectivity index (χ1n) is 9.34. The van der Waals surface area contributed by atoms with Crippen LogP contribution in [0.25, 0.3) is 11.3 Å². The van der Waals surface area contributed by atoms with Gasteiger partial charge in [-0.1, -0.05) is 42.5 Å². The van der Waals surface area contributed by atoms with Crippen molar-refractivity contribution >= 4 is 22.1 Å². The van der Waals surface area contributed by atoms with Crippen LogP contribution in [-0.2, 0) is 17.6 Å². The molecule has 1 aromatic heterocycles. The van der Waals surface area contributed by atoms with E-state index in [1.165, 1.54) is 0 Å². The van der Waals surface area contributed by atoms with Crippen molar-refractivity contribution in [2.75, 3.05) is 6.61 Å². The molecule has 148 valence electrons. The lowest BCUT2D eigenvalue weighted by Crippen LogP contribution is -2.30.